The van der Waals surface area contributed by atoms with Crippen molar-refractivity contribution in [3.63, 3.8) is 0 Å². The van der Waals surface area contributed by atoms with Crippen LogP contribution in [-0.2, 0) is 6.42 Å². The number of nitrogens with zero attached hydrogens (tertiary/aromatic N) is 6. The van der Waals surface area contributed by atoms with Crippen LogP contribution in [0.25, 0.3) is 0 Å². The lowest BCUT2D eigenvalue weighted by molar-refractivity contribution is 0.219. The highest BCUT2D eigenvalue weighted by atomic mass is 19.2. The summed E-state index contributed by atoms with van der Waals surface area (Å²) >= 11 is 0. The molecule has 0 saturated carbocycles. The van der Waals surface area contributed by atoms with E-state index >= 15 is 0 Å². The van der Waals surface area contributed by atoms with Crippen LogP contribution in [0.2, 0.25) is 0 Å². The quantitative estimate of drug-likeness (QED) is 0.487. The van der Waals surface area contributed by atoms with E-state index in [4.69, 9.17) is 15.0 Å². The van der Waals surface area contributed by atoms with Gasteiger partial charge in [-0.25, -0.2) is 23.1 Å². The summed E-state index contributed by atoms with van der Waals surface area (Å²) in [5.74, 6) is -1.57. The number of halogens is 3. The maximum Gasteiger partial charge on any atom is 0.324 e. The van der Waals surface area contributed by atoms with Crippen LogP contribution in [0.4, 0.5) is 25.1 Å². The van der Waals surface area contributed by atoms with Gasteiger partial charge < -0.3 is 24.8 Å². The zero-order chi connectivity index (χ0) is 25.2. The molecule has 9 nitrogen and oxygen atoms in total. The second-order valence-electron chi connectivity index (χ2n) is 9.27. The van der Waals surface area contributed by atoms with Crippen LogP contribution in [0.1, 0.15) is 37.1 Å². The summed E-state index contributed by atoms with van der Waals surface area (Å²) in [6.07, 6.45) is 5.82. The molecule has 2 saturated heterocycles. The van der Waals surface area contributed by atoms with E-state index in [1.165, 1.54) is 0 Å². The molecule has 0 bridgehead atoms. The summed E-state index contributed by atoms with van der Waals surface area (Å²) < 4.78 is 52.5. The number of hydrogen-bond acceptors (Lipinski definition) is 9. The van der Waals surface area contributed by atoms with Crippen LogP contribution in [0.3, 0.4) is 0 Å². The van der Waals surface area contributed by atoms with Gasteiger partial charge in [-0.1, -0.05) is 12.1 Å². The Morgan fingerprint density at radius 2 is 1.75 bits per heavy atom. The van der Waals surface area contributed by atoms with Crippen LogP contribution in [-0.4, -0.2) is 58.9 Å². The van der Waals surface area contributed by atoms with Crippen LogP contribution in [0, 0.1) is 23.4 Å². The zero-order valence-corrected chi connectivity index (χ0v) is 19.9. The van der Waals surface area contributed by atoms with Gasteiger partial charge in [-0.15, -0.1) is 0 Å². The molecule has 0 amide bonds. The van der Waals surface area contributed by atoms with Crippen molar-refractivity contribution in [2.45, 2.75) is 38.1 Å². The minimum Gasteiger partial charge on any atom is -0.490 e. The Bertz CT molecular complexity index is 1180. The molecule has 2 aromatic heterocycles. The highest BCUT2D eigenvalue weighted by Crippen LogP contribution is 2.31. The Hall–Kier alpha value is -3.41. The Balaban J connectivity index is 1.13. The minimum absolute atomic E-state index is 0.0554. The first-order chi connectivity index (χ1) is 17.4. The number of anilines is 2. The summed E-state index contributed by atoms with van der Waals surface area (Å²) in [5.41, 5.74) is 6.24. The van der Waals surface area contributed by atoms with Crippen molar-refractivity contribution >= 4 is 12.0 Å². The Kier molecular flexibility index (Phi) is 6.95. The van der Waals surface area contributed by atoms with Crippen molar-refractivity contribution in [3.05, 3.63) is 53.4 Å². The monoisotopic (exact) mass is 503 g/mol. The molecule has 1 aromatic carbocycles. The predicted octanol–water partition coefficient (Wildman–Crippen LogP) is 3.07. The lowest BCUT2D eigenvalue weighted by atomic mass is 9.94. The fourth-order valence-corrected chi connectivity index (χ4v) is 4.71. The molecule has 2 unspecified atom stereocenters. The smallest absolute Gasteiger partial charge is 0.324 e. The summed E-state index contributed by atoms with van der Waals surface area (Å²) in [7, 11) is 0. The van der Waals surface area contributed by atoms with E-state index < -0.39 is 29.4 Å². The first-order valence-corrected chi connectivity index (χ1v) is 12.1. The molecule has 2 aliphatic rings. The highest BCUT2D eigenvalue weighted by Gasteiger charge is 2.35. The zero-order valence-electron chi connectivity index (χ0n) is 19.9. The SMILES string of the molecule is CCc1noc(N2CCC(COc3cnc(N4CC(N)C(c5cc(F)c(F)cc5F)C4)nc3)CC2)n1. The van der Waals surface area contributed by atoms with Gasteiger partial charge in [0.2, 0.25) is 5.95 Å². The van der Waals surface area contributed by atoms with Gasteiger partial charge in [0, 0.05) is 50.6 Å². The summed E-state index contributed by atoms with van der Waals surface area (Å²) in [6.45, 7) is 4.84. The van der Waals surface area contributed by atoms with Crippen LogP contribution < -0.4 is 20.3 Å². The summed E-state index contributed by atoms with van der Waals surface area (Å²) in [4.78, 5) is 17.0. The third-order valence-electron chi connectivity index (χ3n) is 6.85. The highest BCUT2D eigenvalue weighted by molar-refractivity contribution is 5.39. The van der Waals surface area contributed by atoms with Gasteiger partial charge in [0.05, 0.1) is 19.0 Å². The van der Waals surface area contributed by atoms with Gasteiger partial charge in [-0.05, 0) is 30.4 Å². The first-order valence-electron chi connectivity index (χ1n) is 12.1. The third kappa shape index (κ3) is 5.08. The third-order valence-corrected chi connectivity index (χ3v) is 6.85. The number of piperidine rings is 1. The Morgan fingerprint density at radius 3 is 2.44 bits per heavy atom. The molecule has 2 N–H and O–H groups in total. The lowest BCUT2D eigenvalue weighted by Crippen LogP contribution is -2.35. The van der Waals surface area contributed by atoms with E-state index in [0.717, 1.165) is 38.4 Å². The van der Waals surface area contributed by atoms with Gasteiger partial charge in [0.25, 0.3) is 0 Å². The molecular formula is C24H28F3N7O2. The average molecular weight is 504 g/mol. The molecule has 36 heavy (non-hydrogen) atoms. The van der Waals surface area contributed by atoms with E-state index in [9.17, 15) is 13.2 Å². The molecule has 2 aliphatic heterocycles. The second-order valence-corrected chi connectivity index (χ2v) is 9.27. The van der Waals surface area contributed by atoms with Crippen molar-refractivity contribution in [1.29, 1.82) is 0 Å². The van der Waals surface area contributed by atoms with E-state index in [-0.39, 0.29) is 5.56 Å². The summed E-state index contributed by atoms with van der Waals surface area (Å²) in [6, 6.07) is 1.53. The number of ether oxygens (including phenoxy) is 1. The number of rotatable bonds is 7. The number of nitrogens with two attached hydrogens (primary N) is 1. The standard InChI is InChI=1S/C24H28F3N7O2/c1-2-22-31-24(36-32-22)33-5-3-14(4-6-33)13-35-15-9-29-23(30-10-15)34-11-17(21(28)12-34)16-7-19(26)20(27)8-18(16)25/h7-10,14,17,21H,2-6,11-13,28H2,1H3. The van der Waals surface area contributed by atoms with Gasteiger partial charge in [0.15, 0.2) is 23.2 Å². The van der Waals surface area contributed by atoms with E-state index in [0.29, 0.717) is 55.2 Å². The molecule has 192 valence electrons. The first kappa shape index (κ1) is 24.3. The van der Waals surface area contributed by atoms with Gasteiger partial charge >= 0.3 is 6.01 Å². The maximum absolute atomic E-state index is 14.3. The average Bonchev–Trinajstić information content (AvgIpc) is 3.52. The van der Waals surface area contributed by atoms with Crippen LogP contribution in [0.15, 0.2) is 29.0 Å². The van der Waals surface area contributed by atoms with Gasteiger partial charge in [-0.3, -0.25) is 0 Å². The molecule has 0 spiro atoms. The largest absolute Gasteiger partial charge is 0.490 e. The van der Waals surface area contributed by atoms with Crippen LogP contribution >= 0.6 is 0 Å². The molecule has 2 atom stereocenters. The lowest BCUT2D eigenvalue weighted by Gasteiger charge is -2.30. The van der Waals surface area contributed by atoms with Crippen molar-refractivity contribution in [1.82, 2.24) is 20.1 Å². The fourth-order valence-electron chi connectivity index (χ4n) is 4.71. The Morgan fingerprint density at radius 1 is 1.03 bits per heavy atom. The predicted molar refractivity (Wildman–Crippen MR) is 125 cm³/mol. The second kappa shape index (κ2) is 10.3. The molecule has 4 heterocycles. The summed E-state index contributed by atoms with van der Waals surface area (Å²) in [5, 5.41) is 3.95. The van der Waals surface area contributed by atoms with Gasteiger partial charge in [0.1, 0.15) is 5.82 Å². The number of aromatic nitrogens is 4. The topological polar surface area (TPSA) is 106 Å². The minimum atomic E-state index is -1.22. The van der Waals surface area contributed by atoms with Crippen molar-refractivity contribution in [2.75, 3.05) is 42.6 Å². The van der Waals surface area contributed by atoms with Crippen LogP contribution in [0.5, 0.6) is 5.75 Å². The van der Waals surface area contributed by atoms with E-state index in [1.54, 1.807) is 17.3 Å². The number of benzene rings is 1. The number of aryl methyl sites for hydroxylation is 1. The van der Waals surface area contributed by atoms with Gasteiger partial charge in [-0.2, -0.15) is 4.98 Å². The van der Waals surface area contributed by atoms with Crippen molar-refractivity contribution < 1.29 is 22.4 Å². The molecule has 12 heteroatoms. The normalized spacial score (nSPS) is 20.8. The molecule has 0 aliphatic carbocycles. The van der Waals surface area contributed by atoms with Crippen molar-refractivity contribution in [3.8, 4) is 5.75 Å². The molecule has 3 aromatic rings. The fraction of sp³-hybridized carbons (Fsp3) is 0.500. The maximum atomic E-state index is 14.3. The molecule has 2 fully saturated rings. The Labute approximate surface area is 206 Å². The molecule has 0 radical (unpaired) electrons. The molecular weight excluding hydrogens is 475 g/mol. The van der Waals surface area contributed by atoms with E-state index in [2.05, 4.69) is 25.0 Å². The number of hydrogen-bond donors (Lipinski definition) is 1. The van der Waals surface area contributed by atoms with Crippen molar-refractivity contribution in [2.24, 2.45) is 11.7 Å². The molecule has 5 rings (SSSR count). The van der Waals surface area contributed by atoms with E-state index in [1.807, 2.05) is 6.92 Å².